The molecule has 0 atom stereocenters. The SMILES string of the molecule is CCOCCC1(CNC(=O)c2cccc(N)c2)CCC1.Cl. The van der Waals surface area contributed by atoms with Gasteiger partial charge in [0.05, 0.1) is 0 Å². The molecule has 0 heterocycles. The van der Waals surface area contributed by atoms with Crippen molar-refractivity contribution in [3.8, 4) is 0 Å². The summed E-state index contributed by atoms with van der Waals surface area (Å²) in [5.74, 6) is -0.0417. The van der Waals surface area contributed by atoms with E-state index in [1.807, 2.05) is 6.92 Å². The zero-order valence-electron chi connectivity index (χ0n) is 12.6. The average molecular weight is 313 g/mol. The van der Waals surface area contributed by atoms with Crippen molar-refractivity contribution in [2.45, 2.75) is 32.6 Å². The minimum absolute atomic E-state index is 0. The molecule has 0 unspecified atom stereocenters. The van der Waals surface area contributed by atoms with Gasteiger partial charge >= 0.3 is 0 Å². The number of ether oxygens (including phenoxy) is 1. The van der Waals surface area contributed by atoms with Gasteiger partial charge in [-0.2, -0.15) is 0 Å². The molecule has 0 radical (unpaired) electrons. The lowest BCUT2D eigenvalue weighted by molar-refractivity contribution is 0.0513. The van der Waals surface area contributed by atoms with Crippen LogP contribution in [0.25, 0.3) is 0 Å². The maximum absolute atomic E-state index is 12.1. The van der Waals surface area contributed by atoms with Crippen LogP contribution < -0.4 is 11.1 Å². The lowest BCUT2D eigenvalue weighted by atomic mass is 9.66. The fourth-order valence-corrected chi connectivity index (χ4v) is 2.67. The number of hydrogen-bond acceptors (Lipinski definition) is 3. The summed E-state index contributed by atoms with van der Waals surface area (Å²) in [7, 11) is 0. The largest absolute Gasteiger partial charge is 0.399 e. The third kappa shape index (κ3) is 4.90. The van der Waals surface area contributed by atoms with E-state index in [0.717, 1.165) is 26.2 Å². The number of nitrogens with two attached hydrogens (primary N) is 1. The van der Waals surface area contributed by atoms with Crippen molar-refractivity contribution >= 4 is 24.0 Å². The van der Waals surface area contributed by atoms with Crippen LogP contribution in [0.1, 0.15) is 43.0 Å². The molecule has 0 saturated heterocycles. The van der Waals surface area contributed by atoms with E-state index < -0.39 is 0 Å². The number of carbonyl (C=O) groups excluding carboxylic acids is 1. The van der Waals surface area contributed by atoms with E-state index in [2.05, 4.69) is 5.32 Å². The van der Waals surface area contributed by atoms with Crippen molar-refractivity contribution in [1.82, 2.24) is 5.32 Å². The van der Waals surface area contributed by atoms with Crippen molar-refractivity contribution < 1.29 is 9.53 Å². The van der Waals surface area contributed by atoms with E-state index in [-0.39, 0.29) is 23.7 Å². The first-order valence-corrected chi connectivity index (χ1v) is 7.37. The van der Waals surface area contributed by atoms with E-state index in [9.17, 15) is 4.79 Å². The highest BCUT2D eigenvalue weighted by Gasteiger charge is 2.36. The maximum atomic E-state index is 12.1. The van der Waals surface area contributed by atoms with Crippen molar-refractivity contribution in [2.75, 3.05) is 25.5 Å². The summed E-state index contributed by atoms with van der Waals surface area (Å²) in [5.41, 5.74) is 7.19. The molecule has 0 aliphatic heterocycles. The molecular formula is C16H25ClN2O2. The second-order valence-electron chi connectivity index (χ2n) is 5.61. The van der Waals surface area contributed by atoms with Gasteiger partial charge in [-0.25, -0.2) is 0 Å². The van der Waals surface area contributed by atoms with E-state index >= 15 is 0 Å². The van der Waals surface area contributed by atoms with Crippen LogP contribution in [0.15, 0.2) is 24.3 Å². The molecule has 1 fully saturated rings. The first-order chi connectivity index (χ1) is 9.65. The molecule has 1 aliphatic rings. The summed E-state index contributed by atoms with van der Waals surface area (Å²) in [6.07, 6.45) is 4.63. The van der Waals surface area contributed by atoms with Crippen molar-refractivity contribution in [3.05, 3.63) is 29.8 Å². The highest BCUT2D eigenvalue weighted by molar-refractivity contribution is 5.95. The Morgan fingerprint density at radius 1 is 1.43 bits per heavy atom. The van der Waals surface area contributed by atoms with Crippen molar-refractivity contribution in [3.63, 3.8) is 0 Å². The first-order valence-electron chi connectivity index (χ1n) is 7.37. The number of nitrogens with one attached hydrogen (secondary N) is 1. The quantitative estimate of drug-likeness (QED) is 0.601. The van der Waals surface area contributed by atoms with E-state index in [1.165, 1.54) is 19.3 Å². The highest BCUT2D eigenvalue weighted by atomic mass is 35.5. The van der Waals surface area contributed by atoms with Gasteiger partial charge in [-0.3, -0.25) is 4.79 Å². The fourth-order valence-electron chi connectivity index (χ4n) is 2.67. The van der Waals surface area contributed by atoms with Crippen molar-refractivity contribution in [2.24, 2.45) is 5.41 Å². The fraction of sp³-hybridized carbons (Fsp3) is 0.562. The smallest absolute Gasteiger partial charge is 0.251 e. The number of carbonyl (C=O) groups is 1. The van der Waals surface area contributed by atoms with E-state index in [1.54, 1.807) is 24.3 Å². The van der Waals surface area contributed by atoms with Crippen LogP contribution in [0, 0.1) is 5.41 Å². The molecule has 118 valence electrons. The number of anilines is 1. The third-order valence-corrected chi connectivity index (χ3v) is 4.17. The van der Waals surface area contributed by atoms with Crippen LogP contribution in [-0.4, -0.2) is 25.7 Å². The molecule has 1 aliphatic carbocycles. The summed E-state index contributed by atoms with van der Waals surface area (Å²) in [6, 6.07) is 7.09. The topological polar surface area (TPSA) is 64.3 Å². The van der Waals surface area contributed by atoms with Gasteiger partial charge in [0, 0.05) is 31.0 Å². The molecule has 1 saturated carbocycles. The standard InChI is InChI=1S/C16H24N2O2.ClH/c1-2-20-10-9-16(7-4-8-16)12-18-15(19)13-5-3-6-14(17)11-13;/h3,5-6,11H,2,4,7-10,12,17H2,1H3,(H,18,19);1H. The van der Waals surface area contributed by atoms with Gasteiger partial charge in [0.2, 0.25) is 0 Å². The summed E-state index contributed by atoms with van der Waals surface area (Å²) < 4.78 is 5.44. The molecule has 21 heavy (non-hydrogen) atoms. The van der Waals surface area contributed by atoms with Crippen LogP contribution in [0.5, 0.6) is 0 Å². The minimum Gasteiger partial charge on any atom is -0.399 e. The number of nitrogen functional groups attached to an aromatic ring is 1. The van der Waals surface area contributed by atoms with Gasteiger partial charge < -0.3 is 15.8 Å². The molecule has 0 bridgehead atoms. The Morgan fingerprint density at radius 2 is 2.19 bits per heavy atom. The lowest BCUT2D eigenvalue weighted by Gasteiger charge is -2.42. The molecule has 0 aromatic heterocycles. The molecule has 0 spiro atoms. The van der Waals surface area contributed by atoms with Gasteiger partial charge in [0.15, 0.2) is 0 Å². The van der Waals surface area contributed by atoms with Crippen LogP contribution in [-0.2, 0) is 4.74 Å². The van der Waals surface area contributed by atoms with E-state index in [0.29, 0.717) is 11.3 Å². The van der Waals surface area contributed by atoms with Crippen molar-refractivity contribution in [1.29, 1.82) is 0 Å². The summed E-state index contributed by atoms with van der Waals surface area (Å²) >= 11 is 0. The summed E-state index contributed by atoms with van der Waals surface area (Å²) in [4.78, 5) is 12.1. The van der Waals surface area contributed by atoms with Gasteiger partial charge in [0.1, 0.15) is 0 Å². The second-order valence-corrected chi connectivity index (χ2v) is 5.61. The van der Waals surface area contributed by atoms with Crippen LogP contribution in [0.4, 0.5) is 5.69 Å². The predicted molar refractivity (Wildman–Crippen MR) is 87.8 cm³/mol. The number of hydrogen-bond donors (Lipinski definition) is 2. The third-order valence-electron chi connectivity index (χ3n) is 4.17. The summed E-state index contributed by atoms with van der Waals surface area (Å²) in [5, 5.41) is 3.05. The molecule has 5 heteroatoms. The molecular weight excluding hydrogens is 288 g/mol. The number of benzene rings is 1. The monoisotopic (exact) mass is 312 g/mol. The van der Waals surface area contributed by atoms with Gasteiger partial charge in [-0.15, -0.1) is 12.4 Å². The molecule has 1 aromatic rings. The van der Waals surface area contributed by atoms with Gasteiger partial charge in [-0.05, 0) is 49.8 Å². The zero-order chi connectivity index (χ0) is 14.4. The van der Waals surface area contributed by atoms with Gasteiger partial charge in [-0.1, -0.05) is 12.5 Å². The molecule has 4 nitrogen and oxygen atoms in total. The number of halogens is 1. The van der Waals surface area contributed by atoms with Gasteiger partial charge in [0.25, 0.3) is 5.91 Å². The Bertz CT molecular complexity index is 461. The minimum atomic E-state index is -0.0417. The first kappa shape index (κ1) is 17.8. The molecule has 1 aromatic carbocycles. The second kappa shape index (κ2) is 8.25. The molecule has 1 amide bonds. The molecule has 2 rings (SSSR count). The Balaban J connectivity index is 0.00000220. The molecule has 3 N–H and O–H groups in total. The number of amides is 1. The van der Waals surface area contributed by atoms with Crippen LogP contribution in [0.2, 0.25) is 0 Å². The van der Waals surface area contributed by atoms with E-state index in [4.69, 9.17) is 10.5 Å². The summed E-state index contributed by atoms with van der Waals surface area (Å²) in [6.45, 7) is 4.28. The Kier molecular flexibility index (Phi) is 6.99. The highest BCUT2D eigenvalue weighted by Crippen LogP contribution is 2.43. The number of rotatable bonds is 7. The van der Waals surface area contributed by atoms with Crippen LogP contribution >= 0.6 is 12.4 Å². The average Bonchev–Trinajstić information content (AvgIpc) is 2.40. The Hall–Kier alpha value is -1.26. The predicted octanol–water partition coefficient (Wildman–Crippen LogP) is 3.02. The Labute approximate surface area is 132 Å². The zero-order valence-corrected chi connectivity index (χ0v) is 13.4. The lowest BCUT2D eigenvalue weighted by Crippen LogP contribution is -2.42. The normalized spacial score (nSPS) is 15.7. The Morgan fingerprint density at radius 3 is 2.76 bits per heavy atom. The van der Waals surface area contributed by atoms with Crippen LogP contribution in [0.3, 0.4) is 0 Å². The maximum Gasteiger partial charge on any atom is 0.251 e.